The van der Waals surface area contributed by atoms with Crippen LogP contribution < -0.4 is 5.84 Å². The first kappa shape index (κ1) is 18.1. The molecular formula is C13H23N5O3S2. The number of nitrogen functional groups attached to an aromatic ring is 1. The lowest BCUT2D eigenvalue weighted by atomic mass is 10.1. The summed E-state index contributed by atoms with van der Waals surface area (Å²) in [6.45, 7) is 6.30. The highest BCUT2D eigenvalue weighted by Crippen LogP contribution is 2.22. The Hall–Kier alpha value is -1.29. The number of sulfone groups is 1. The van der Waals surface area contributed by atoms with E-state index >= 15 is 0 Å². The van der Waals surface area contributed by atoms with Crippen LogP contribution in [0.4, 0.5) is 0 Å². The van der Waals surface area contributed by atoms with E-state index in [2.05, 4.69) is 10.2 Å². The molecule has 1 aliphatic rings. The second kappa shape index (κ2) is 7.08. The molecule has 2 rings (SSSR count). The van der Waals surface area contributed by atoms with Gasteiger partial charge >= 0.3 is 0 Å². The number of thioether (sulfide) groups is 1. The second-order valence-corrected chi connectivity index (χ2v) is 9.36. The number of rotatable bonds is 6. The van der Waals surface area contributed by atoms with E-state index in [0.717, 1.165) is 0 Å². The molecule has 23 heavy (non-hydrogen) atoms. The van der Waals surface area contributed by atoms with Crippen LogP contribution in [0.5, 0.6) is 0 Å². The predicted molar refractivity (Wildman–Crippen MR) is 89.2 cm³/mol. The minimum absolute atomic E-state index is 0.0578. The maximum absolute atomic E-state index is 12.6. The quantitative estimate of drug-likeness (QED) is 0.563. The van der Waals surface area contributed by atoms with Crippen LogP contribution in [0.2, 0.25) is 0 Å². The molecular weight excluding hydrogens is 338 g/mol. The molecule has 0 spiro atoms. The Morgan fingerprint density at radius 1 is 1.48 bits per heavy atom. The molecule has 8 nitrogen and oxygen atoms in total. The van der Waals surface area contributed by atoms with E-state index in [1.165, 1.54) is 16.4 Å². The summed E-state index contributed by atoms with van der Waals surface area (Å²) in [6.07, 6.45) is 0.512. The zero-order valence-electron chi connectivity index (χ0n) is 13.6. The fourth-order valence-corrected chi connectivity index (χ4v) is 5.05. The Labute approximate surface area is 140 Å². The summed E-state index contributed by atoms with van der Waals surface area (Å²) in [5, 5.41) is 8.23. The van der Waals surface area contributed by atoms with Gasteiger partial charge in [-0.3, -0.25) is 4.79 Å². The highest BCUT2D eigenvalue weighted by atomic mass is 32.2. The minimum atomic E-state index is -3.03. The van der Waals surface area contributed by atoms with Gasteiger partial charge in [-0.05, 0) is 19.3 Å². The molecule has 10 heteroatoms. The van der Waals surface area contributed by atoms with Crippen LogP contribution in [0.1, 0.15) is 26.1 Å². The van der Waals surface area contributed by atoms with Crippen molar-refractivity contribution < 1.29 is 13.2 Å². The van der Waals surface area contributed by atoms with E-state index in [9.17, 15) is 13.2 Å². The van der Waals surface area contributed by atoms with Crippen LogP contribution in [-0.2, 0) is 14.6 Å². The number of carbonyl (C=O) groups excluding carboxylic acids is 1. The molecule has 0 aliphatic carbocycles. The third-order valence-electron chi connectivity index (χ3n) is 3.69. The van der Waals surface area contributed by atoms with Gasteiger partial charge in [-0.1, -0.05) is 25.6 Å². The van der Waals surface area contributed by atoms with Crippen molar-refractivity contribution in [3.05, 3.63) is 5.82 Å². The first-order valence-electron chi connectivity index (χ1n) is 7.49. The topological polar surface area (TPSA) is 111 Å². The summed E-state index contributed by atoms with van der Waals surface area (Å²) in [7, 11) is -3.03. The first-order chi connectivity index (χ1) is 10.7. The van der Waals surface area contributed by atoms with Gasteiger partial charge in [0.25, 0.3) is 0 Å². The molecule has 0 saturated carbocycles. The third kappa shape index (κ3) is 4.60. The number of aryl methyl sites for hydroxylation is 1. The van der Waals surface area contributed by atoms with Crippen LogP contribution in [0.15, 0.2) is 5.16 Å². The van der Waals surface area contributed by atoms with Crippen LogP contribution in [0, 0.1) is 12.8 Å². The monoisotopic (exact) mass is 361 g/mol. The number of carbonyl (C=O) groups is 1. The van der Waals surface area contributed by atoms with E-state index in [1.807, 2.05) is 13.8 Å². The van der Waals surface area contributed by atoms with E-state index < -0.39 is 9.84 Å². The number of nitrogens with two attached hydrogens (primary N) is 1. The van der Waals surface area contributed by atoms with Crippen molar-refractivity contribution in [1.82, 2.24) is 19.8 Å². The number of hydrogen-bond acceptors (Lipinski definition) is 7. The lowest BCUT2D eigenvalue weighted by Gasteiger charge is -2.29. The molecule has 0 unspecified atom stereocenters. The largest absolute Gasteiger partial charge is 0.338 e. The average Bonchev–Trinajstić information content (AvgIpc) is 2.97. The molecule has 1 atom stereocenters. The van der Waals surface area contributed by atoms with Gasteiger partial charge < -0.3 is 10.7 Å². The molecule has 1 saturated heterocycles. The van der Waals surface area contributed by atoms with Crippen molar-refractivity contribution in [3.8, 4) is 0 Å². The van der Waals surface area contributed by atoms with Gasteiger partial charge in [0.1, 0.15) is 5.82 Å². The minimum Gasteiger partial charge on any atom is -0.338 e. The summed E-state index contributed by atoms with van der Waals surface area (Å²) >= 11 is 1.21. The van der Waals surface area contributed by atoms with Crippen LogP contribution >= 0.6 is 11.8 Å². The molecule has 0 bridgehead atoms. The summed E-state index contributed by atoms with van der Waals surface area (Å²) in [6, 6.07) is -0.229. The van der Waals surface area contributed by atoms with Crippen molar-refractivity contribution >= 4 is 27.5 Å². The number of hydrogen-bond donors (Lipinski definition) is 1. The lowest BCUT2D eigenvalue weighted by Crippen LogP contribution is -2.44. The molecule has 1 aromatic heterocycles. The highest BCUT2D eigenvalue weighted by Gasteiger charge is 2.34. The molecule has 130 valence electrons. The summed E-state index contributed by atoms with van der Waals surface area (Å²) in [5.41, 5.74) is 0. The van der Waals surface area contributed by atoms with Crippen LogP contribution in [-0.4, -0.2) is 63.9 Å². The molecule has 0 radical (unpaired) electrons. The molecule has 0 aromatic carbocycles. The lowest BCUT2D eigenvalue weighted by molar-refractivity contribution is -0.130. The Bertz CT molecular complexity index is 671. The van der Waals surface area contributed by atoms with E-state index in [0.29, 0.717) is 23.9 Å². The molecule has 1 aliphatic heterocycles. The van der Waals surface area contributed by atoms with Crippen molar-refractivity contribution in [1.29, 1.82) is 0 Å². The first-order valence-corrected chi connectivity index (χ1v) is 10.3. The highest BCUT2D eigenvalue weighted by molar-refractivity contribution is 7.99. The zero-order chi connectivity index (χ0) is 17.2. The van der Waals surface area contributed by atoms with Gasteiger partial charge in [0.15, 0.2) is 9.84 Å². The van der Waals surface area contributed by atoms with Crippen molar-refractivity contribution in [2.75, 3.05) is 29.6 Å². The molecule has 1 aromatic rings. The Kier molecular flexibility index (Phi) is 5.56. The zero-order valence-corrected chi connectivity index (χ0v) is 15.2. The Morgan fingerprint density at radius 3 is 2.65 bits per heavy atom. The van der Waals surface area contributed by atoms with Crippen molar-refractivity contribution in [2.45, 2.75) is 38.4 Å². The predicted octanol–water partition coefficient (Wildman–Crippen LogP) is 0.0641. The van der Waals surface area contributed by atoms with E-state index in [-0.39, 0.29) is 35.1 Å². The standard InChI is InChI=1S/C13H23N5O3S2/c1-9(2)6-17(11-4-5-23(20,21)8-11)12(19)7-22-13-16-15-10(3)18(13)14/h9,11H,4-8,14H2,1-3H3/t11-/m0/s1. The molecule has 2 N–H and O–H groups in total. The Balaban J connectivity index is 2.03. The maximum Gasteiger partial charge on any atom is 0.233 e. The summed E-state index contributed by atoms with van der Waals surface area (Å²) < 4.78 is 24.7. The van der Waals surface area contributed by atoms with Gasteiger partial charge in [-0.2, -0.15) is 0 Å². The molecule has 1 amide bonds. The van der Waals surface area contributed by atoms with Crippen LogP contribution in [0.3, 0.4) is 0 Å². The molecule has 2 heterocycles. The van der Waals surface area contributed by atoms with Gasteiger partial charge in [0, 0.05) is 12.6 Å². The normalized spacial score (nSPS) is 20.1. The average molecular weight is 361 g/mol. The smallest absolute Gasteiger partial charge is 0.233 e. The van der Waals surface area contributed by atoms with Gasteiger partial charge in [0.05, 0.1) is 17.3 Å². The fraction of sp³-hybridized carbons (Fsp3) is 0.769. The number of aromatic nitrogens is 3. The molecule has 1 fully saturated rings. The van der Waals surface area contributed by atoms with Crippen LogP contribution in [0.25, 0.3) is 0 Å². The fourth-order valence-electron chi connectivity index (χ4n) is 2.53. The van der Waals surface area contributed by atoms with Crippen molar-refractivity contribution in [3.63, 3.8) is 0 Å². The number of amides is 1. The van der Waals surface area contributed by atoms with Gasteiger partial charge in [0.2, 0.25) is 11.1 Å². The van der Waals surface area contributed by atoms with E-state index in [1.54, 1.807) is 11.8 Å². The SMILES string of the molecule is Cc1nnc(SCC(=O)N(CC(C)C)[C@H]2CCS(=O)(=O)C2)n1N. The summed E-state index contributed by atoms with van der Waals surface area (Å²) in [5.74, 6) is 6.90. The van der Waals surface area contributed by atoms with Gasteiger partial charge in [-0.25, -0.2) is 13.1 Å². The summed E-state index contributed by atoms with van der Waals surface area (Å²) in [4.78, 5) is 14.3. The van der Waals surface area contributed by atoms with Crippen molar-refractivity contribution in [2.24, 2.45) is 5.92 Å². The number of nitrogens with zero attached hydrogens (tertiary/aromatic N) is 4. The second-order valence-electron chi connectivity index (χ2n) is 6.19. The Morgan fingerprint density at radius 2 is 2.17 bits per heavy atom. The van der Waals surface area contributed by atoms with E-state index in [4.69, 9.17) is 5.84 Å². The van der Waals surface area contributed by atoms with Gasteiger partial charge in [-0.15, -0.1) is 10.2 Å². The third-order valence-corrected chi connectivity index (χ3v) is 6.37. The maximum atomic E-state index is 12.6.